The number of rotatable bonds is 4. The van der Waals surface area contributed by atoms with Gasteiger partial charge < -0.3 is 10.1 Å². The third-order valence-electron chi connectivity index (χ3n) is 2.77. The Morgan fingerprint density at radius 3 is 2.67 bits per heavy atom. The highest BCUT2D eigenvalue weighted by Crippen LogP contribution is 2.23. The summed E-state index contributed by atoms with van der Waals surface area (Å²) in [6.07, 6.45) is 1.98. The van der Waals surface area contributed by atoms with E-state index < -0.39 is 0 Å². The van der Waals surface area contributed by atoms with E-state index in [1.54, 1.807) is 11.6 Å². The second kappa shape index (κ2) is 5.52. The van der Waals surface area contributed by atoms with Crippen LogP contribution in [-0.4, -0.2) is 28.9 Å². The smallest absolute Gasteiger partial charge is 0.322 e. The third kappa shape index (κ3) is 3.57. The van der Waals surface area contributed by atoms with E-state index in [1.165, 1.54) is 7.11 Å². The van der Waals surface area contributed by atoms with Gasteiger partial charge in [-0.25, -0.2) is 0 Å². The number of hydrogen-bond donors (Lipinski definition) is 1. The van der Waals surface area contributed by atoms with Crippen LogP contribution in [0.3, 0.4) is 0 Å². The Kier molecular flexibility index (Phi) is 4.51. The van der Waals surface area contributed by atoms with Gasteiger partial charge >= 0.3 is 5.97 Å². The highest BCUT2D eigenvalue weighted by molar-refractivity contribution is 5.75. The first-order valence-electron chi connectivity index (χ1n) is 6.10. The van der Waals surface area contributed by atoms with Crippen molar-refractivity contribution in [3.63, 3.8) is 0 Å². The van der Waals surface area contributed by atoms with E-state index in [0.717, 1.165) is 11.3 Å². The Balaban J connectivity index is 2.76. The van der Waals surface area contributed by atoms with Crippen molar-refractivity contribution in [3.05, 3.63) is 17.5 Å². The van der Waals surface area contributed by atoms with Gasteiger partial charge in [-0.15, -0.1) is 0 Å². The number of nitrogens with one attached hydrogen (secondary N) is 1. The Bertz CT molecular complexity index is 418. The molecule has 1 aromatic heterocycles. The van der Waals surface area contributed by atoms with E-state index in [1.807, 2.05) is 13.2 Å². The molecular formula is C13H23N3O2. The van der Waals surface area contributed by atoms with Crippen molar-refractivity contribution in [3.8, 4) is 0 Å². The molecule has 0 aliphatic carbocycles. The van der Waals surface area contributed by atoms with Crippen LogP contribution in [0.15, 0.2) is 6.20 Å². The summed E-state index contributed by atoms with van der Waals surface area (Å²) in [5.41, 5.74) is 2.16. The SMILES string of the molecule is COC(=O)[C@H](C)NCc1cn(C)nc1C(C)(C)C. The van der Waals surface area contributed by atoms with Crippen molar-refractivity contribution in [2.45, 2.75) is 45.7 Å². The number of carbonyl (C=O) groups is 1. The summed E-state index contributed by atoms with van der Waals surface area (Å²) in [5, 5.41) is 7.63. The van der Waals surface area contributed by atoms with E-state index >= 15 is 0 Å². The van der Waals surface area contributed by atoms with Gasteiger partial charge in [0, 0.05) is 30.8 Å². The Hall–Kier alpha value is -1.36. The lowest BCUT2D eigenvalue weighted by molar-refractivity contribution is -0.142. The highest BCUT2D eigenvalue weighted by atomic mass is 16.5. The summed E-state index contributed by atoms with van der Waals surface area (Å²) in [4.78, 5) is 11.3. The molecule has 0 amide bonds. The van der Waals surface area contributed by atoms with Crippen molar-refractivity contribution in [2.24, 2.45) is 7.05 Å². The molecule has 0 saturated heterocycles. The first kappa shape index (κ1) is 14.7. The van der Waals surface area contributed by atoms with Gasteiger partial charge in [-0.3, -0.25) is 9.48 Å². The van der Waals surface area contributed by atoms with Crippen LogP contribution in [0.4, 0.5) is 0 Å². The fraction of sp³-hybridized carbons (Fsp3) is 0.692. The zero-order chi connectivity index (χ0) is 13.9. The zero-order valence-electron chi connectivity index (χ0n) is 12.1. The van der Waals surface area contributed by atoms with Crippen LogP contribution in [0.25, 0.3) is 0 Å². The van der Waals surface area contributed by atoms with Crippen molar-refractivity contribution in [1.29, 1.82) is 0 Å². The van der Waals surface area contributed by atoms with Gasteiger partial charge in [0.25, 0.3) is 0 Å². The zero-order valence-corrected chi connectivity index (χ0v) is 12.1. The average molecular weight is 253 g/mol. The molecule has 1 atom stereocenters. The maximum Gasteiger partial charge on any atom is 0.322 e. The summed E-state index contributed by atoms with van der Waals surface area (Å²) in [7, 11) is 3.30. The normalized spacial score (nSPS) is 13.4. The number of methoxy groups -OCH3 is 1. The monoisotopic (exact) mass is 253 g/mol. The van der Waals surface area contributed by atoms with Crippen molar-refractivity contribution < 1.29 is 9.53 Å². The molecule has 0 unspecified atom stereocenters. The molecule has 5 nitrogen and oxygen atoms in total. The van der Waals surface area contributed by atoms with E-state index in [2.05, 4.69) is 35.9 Å². The number of ether oxygens (including phenoxy) is 1. The molecular weight excluding hydrogens is 230 g/mol. The molecule has 0 aliphatic heterocycles. The fourth-order valence-corrected chi connectivity index (χ4v) is 1.82. The average Bonchev–Trinajstić information content (AvgIpc) is 2.66. The van der Waals surface area contributed by atoms with E-state index in [0.29, 0.717) is 6.54 Å². The van der Waals surface area contributed by atoms with Crippen LogP contribution in [0.2, 0.25) is 0 Å². The van der Waals surface area contributed by atoms with Gasteiger partial charge in [0.1, 0.15) is 6.04 Å². The summed E-state index contributed by atoms with van der Waals surface area (Å²) in [6, 6.07) is -0.317. The van der Waals surface area contributed by atoms with Gasteiger partial charge in [0.2, 0.25) is 0 Å². The van der Waals surface area contributed by atoms with Gasteiger partial charge in [0.05, 0.1) is 12.8 Å². The van der Waals surface area contributed by atoms with Crippen LogP contribution < -0.4 is 5.32 Å². The number of hydrogen-bond acceptors (Lipinski definition) is 4. The molecule has 102 valence electrons. The molecule has 0 aliphatic rings. The molecule has 0 spiro atoms. The molecule has 0 aromatic carbocycles. The number of nitrogens with zero attached hydrogens (tertiary/aromatic N) is 2. The van der Waals surface area contributed by atoms with Crippen LogP contribution in [0, 0.1) is 0 Å². The van der Waals surface area contributed by atoms with Gasteiger partial charge in [0.15, 0.2) is 0 Å². The van der Waals surface area contributed by atoms with Crippen LogP contribution in [0.5, 0.6) is 0 Å². The predicted molar refractivity (Wildman–Crippen MR) is 70.2 cm³/mol. The van der Waals surface area contributed by atoms with Crippen molar-refractivity contribution in [2.75, 3.05) is 7.11 Å². The lowest BCUT2D eigenvalue weighted by Crippen LogP contribution is -2.34. The lowest BCUT2D eigenvalue weighted by Gasteiger charge is -2.18. The van der Waals surface area contributed by atoms with Crippen molar-refractivity contribution in [1.82, 2.24) is 15.1 Å². The Labute approximate surface area is 109 Å². The summed E-state index contributed by atoms with van der Waals surface area (Å²) in [5.74, 6) is -0.254. The maximum absolute atomic E-state index is 11.3. The molecule has 1 aromatic rings. The molecule has 0 bridgehead atoms. The fourth-order valence-electron chi connectivity index (χ4n) is 1.82. The predicted octanol–water partition coefficient (Wildman–Crippen LogP) is 1.37. The first-order chi connectivity index (χ1) is 8.25. The second-order valence-corrected chi connectivity index (χ2v) is 5.55. The van der Waals surface area contributed by atoms with Crippen LogP contribution in [0.1, 0.15) is 39.0 Å². The van der Waals surface area contributed by atoms with Crippen LogP contribution in [-0.2, 0) is 28.5 Å². The number of aromatic nitrogens is 2. The molecule has 1 N–H and O–H groups in total. The summed E-state index contributed by atoms with van der Waals surface area (Å²) >= 11 is 0. The number of aryl methyl sites for hydroxylation is 1. The quantitative estimate of drug-likeness (QED) is 0.823. The van der Waals surface area contributed by atoms with Crippen molar-refractivity contribution >= 4 is 5.97 Å². The van der Waals surface area contributed by atoms with E-state index in [4.69, 9.17) is 0 Å². The molecule has 0 fully saturated rings. The number of esters is 1. The van der Waals surface area contributed by atoms with Gasteiger partial charge in [-0.05, 0) is 6.92 Å². The minimum Gasteiger partial charge on any atom is -0.468 e. The molecule has 1 rings (SSSR count). The third-order valence-corrected chi connectivity index (χ3v) is 2.77. The lowest BCUT2D eigenvalue weighted by atomic mass is 9.89. The standard InChI is InChI=1S/C13H23N3O2/c1-9(12(17)18-6)14-7-10-8-16(5)15-11(10)13(2,3)4/h8-9,14H,7H2,1-6H3/t9-/m0/s1. The minimum atomic E-state index is -0.317. The highest BCUT2D eigenvalue weighted by Gasteiger charge is 2.22. The Morgan fingerprint density at radius 1 is 1.56 bits per heavy atom. The van der Waals surface area contributed by atoms with E-state index in [-0.39, 0.29) is 17.4 Å². The maximum atomic E-state index is 11.3. The minimum absolute atomic E-state index is 0.00717. The topological polar surface area (TPSA) is 56.1 Å². The molecule has 0 saturated carbocycles. The molecule has 18 heavy (non-hydrogen) atoms. The summed E-state index contributed by atoms with van der Waals surface area (Å²) < 4.78 is 6.49. The molecule has 1 heterocycles. The molecule has 0 radical (unpaired) electrons. The largest absolute Gasteiger partial charge is 0.468 e. The second-order valence-electron chi connectivity index (χ2n) is 5.55. The summed E-state index contributed by atoms with van der Waals surface area (Å²) in [6.45, 7) is 8.78. The Morgan fingerprint density at radius 2 is 2.17 bits per heavy atom. The van der Waals surface area contributed by atoms with E-state index in [9.17, 15) is 4.79 Å². The number of carbonyl (C=O) groups excluding carboxylic acids is 1. The first-order valence-corrected chi connectivity index (χ1v) is 6.10. The van der Waals surface area contributed by atoms with Gasteiger partial charge in [-0.2, -0.15) is 5.10 Å². The molecule has 5 heteroatoms. The van der Waals surface area contributed by atoms with Crippen LogP contribution >= 0.6 is 0 Å². The van der Waals surface area contributed by atoms with Gasteiger partial charge in [-0.1, -0.05) is 20.8 Å².